The lowest BCUT2D eigenvalue weighted by atomic mass is 9.69. The van der Waals surface area contributed by atoms with E-state index in [1.54, 1.807) is 6.92 Å². The van der Waals surface area contributed by atoms with Crippen molar-refractivity contribution in [3.63, 3.8) is 0 Å². The summed E-state index contributed by atoms with van der Waals surface area (Å²) in [5.41, 5.74) is 0. The maximum Gasteiger partial charge on any atom is 0.410 e. The van der Waals surface area contributed by atoms with Crippen LogP contribution in [0.4, 0.5) is 4.79 Å². The molecule has 0 bridgehead atoms. The summed E-state index contributed by atoms with van der Waals surface area (Å²) in [6.07, 6.45) is 3.68. The monoisotopic (exact) mass is 297 g/mol. The van der Waals surface area contributed by atoms with Crippen molar-refractivity contribution in [2.75, 3.05) is 20.3 Å². The second kappa shape index (κ2) is 6.91. The Hall–Kier alpha value is -1.59. The molecule has 6 heteroatoms. The Morgan fingerprint density at radius 3 is 2.62 bits per heavy atom. The lowest BCUT2D eigenvalue weighted by Crippen LogP contribution is -2.55. The van der Waals surface area contributed by atoms with Crippen LogP contribution in [-0.4, -0.2) is 49.6 Å². The first-order valence-electron chi connectivity index (χ1n) is 7.57. The van der Waals surface area contributed by atoms with E-state index in [0.29, 0.717) is 24.8 Å². The summed E-state index contributed by atoms with van der Waals surface area (Å²) in [6, 6.07) is -0.593. The quantitative estimate of drug-likeness (QED) is 0.584. The Kier molecular flexibility index (Phi) is 5.20. The fourth-order valence-electron chi connectivity index (χ4n) is 3.59. The number of carbonyl (C=O) groups is 3. The van der Waals surface area contributed by atoms with Gasteiger partial charge in [0.25, 0.3) is 0 Å². The summed E-state index contributed by atoms with van der Waals surface area (Å²) in [4.78, 5) is 36.5. The van der Waals surface area contributed by atoms with E-state index >= 15 is 0 Å². The molecule has 1 heterocycles. The molecule has 1 aliphatic heterocycles. The van der Waals surface area contributed by atoms with E-state index in [0.717, 1.165) is 25.5 Å². The predicted octanol–water partition coefficient (Wildman–Crippen LogP) is 1.62. The zero-order valence-electron chi connectivity index (χ0n) is 12.6. The van der Waals surface area contributed by atoms with Crippen LogP contribution >= 0.6 is 0 Å². The van der Waals surface area contributed by atoms with E-state index in [1.165, 1.54) is 12.0 Å². The molecule has 1 aliphatic carbocycles. The summed E-state index contributed by atoms with van der Waals surface area (Å²) in [5, 5.41) is 0. The van der Waals surface area contributed by atoms with E-state index in [2.05, 4.69) is 0 Å². The molecule has 1 saturated carbocycles. The van der Waals surface area contributed by atoms with Gasteiger partial charge < -0.3 is 14.3 Å². The molecule has 1 amide bonds. The van der Waals surface area contributed by atoms with Crippen LogP contribution in [0.1, 0.15) is 32.6 Å². The first kappa shape index (κ1) is 15.8. The van der Waals surface area contributed by atoms with Gasteiger partial charge in [0.1, 0.15) is 12.3 Å². The third kappa shape index (κ3) is 3.36. The maximum absolute atomic E-state index is 12.1. The summed E-state index contributed by atoms with van der Waals surface area (Å²) in [7, 11) is 1.32. The van der Waals surface area contributed by atoms with Gasteiger partial charge in [0.05, 0.1) is 13.7 Å². The van der Waals surface area contributed by atoms with Gasteiger partial charge in [0, 0.05) is 12.5 Å². The SMILES string of the molecule is CCOC(=O)[C@@H]1C[C@H]2C[C@H](C=O)CC[C@H]2CN1C(=O)OC. The lowest BCUT2D eigenvalue weighted by molar-refractivity contribution is -0.152. The zero-order chi connectivity index (χ0) is 15.4. The zero-order valence-corrected chi connectivity index (χ0v) is 12.6. The number of methoxy groups -OCH3 is 1. The molecule has 21 heavy (non-hydrogen) atoms. The number of esters is 1. The number of fused-ring (bicyclic) bond motifs is 1. The number of amides is 1. The van der Waals surface area contributed by atoms with Gasteiger partial charge in [-0.2, -0.15) is 0 Å². The van der Waals surface area contributed by atoms with Gasteiger partial charge in [-0.25, -0.2) is 9.59 Å². The fourth-order valence-corrected chi connectivity index (χ4v) is 3.59. The Bertz CT molecular complexity index is 411. The Morgan fingerprint density at radius 2 is 2.00 bits per heavy atom. The number of piperidine rings is 1. The topological polar surface area (TPSA) is 72.9 Å². The molecule has 0 spiro atoms. The molecule has 2 rings (SSSR count). The van der Waals surface area contributed by atoms with Gasteiger partial charge in [0.2, 0.25) is 0 Å². The summed E-state index contributed by atoms with van der Waals surface area (Å²) in [5.74, 6) is 0.337. The largest absolute Gasteiger partial charge is 0.464 e. The Balaban J connectivity index is 2.13. The van der Waals surface area contributed by atoms with Gasteiger partial charge in [-0.3, -0.25) is 4.90 Å². The lowest BCUT2D eigenvalue weighted by Gasteiger charge is -2.45. The molecule has 0 aromatic rings. The molecular weight excluding hydrogens is 274 g/mol. The number of hydrogen-bond acceptors (Lipinski definition) is 5. The van der Waals surface area contributed by atoms with Gasteiger partial charge in [0.15, 0.2) is 0 Å². The van der Waals surface area contributed by atoms with E-state index in [9.17, 15) is 14.4 Å². The highest BCUT2D eigenvalue weighted by Crippen LogP contribution is 2.40. The molecule has 4 atom stereocenters. The van der Waals surface area contributed by atoms with Crippen LogP contribution < -0.4 is 0 Å². The number of carbonyl (C=O) groups excluding carboxylic acids is 3. The minimum Gasteiger partial charge on any atom is -0.464 e. The van der Waals surface area contributed by atoms with Crippen LogP contribution in [-0.2, 0) is 19.1 Å². The van der Waals surface area contributed by atoms with Crippen molar-refractivity contribution in [2.24, 2.45) is 17.8 Å². The van der Waals surface area contributed by atoms with Crippen LogP contribution in [0.15, 0.2) is 0 Å². The van der Waals surface area contributed by atoms with Crippen molar-refractivity contribution >= 4 is 18.3 Å². The third-order valence-corrected chi connectivity index (χ3v) is 4.67. The number of rotatable bonds is 3. The van der Waals surface area contributed by atoms with E-state index in [1.807, 2.05) is 0 Å². The molecule has 2 fully saturated rings. The maximum atomic E-state index is 12.1. The van der Waals surface area contributed by atoms with Gasteiger partial charge in [-0.15, -0.1) is 0 Å². The van der Waals surface area contributed by atoms with Crippen LogP contribution in [0.2, 0.25) is 0 Å². The molecule has 1 saturated heterocycles. The molecule has 6 nitrogen and oxygen atoms in total. The van der Waals surface area contributed by atoms with Crippen molar-refractivity contribution < 1.29 is 23.9 Å². The molecular formula is C15H23NO5. The standard InChI is InChI=1S/C15H23NO5/c1-3-21-14(18)13-7-12-6-10(9-17)4-5-11(12)8-16(13)15(19)20-2/h9-13H,3-8H2,1-2H3/t10-,11+,12-,13+/m1/s1. The Labute approximate surface area is 124 Å². The van der Waals surface area contributed by atoms with Crippen molar-refractivity contribution in [3.8, 4) is 0 Å². The first-order valence-corrected chi connectivity index (χ1v) is 7.57. The first-order chi connectivity index (χ1) is 10.1. The smallest absolute Gasteiger partial charge is 0.410 e. The van der Waals surface area contributed by atoms with E-state index in [4.69, 9.17) is 9.47 Å². The fraction of sp³-hybridized carbons (Fsp3) is 0.800. The second-order valence-corrected chi connectivity index (χ2v) is 5.86. The number of aldehydes is 1. The summed E-state index contributed by atoms with van der Waals surface area (Å²) >= 11 is 0. The highest BCUT2D eigenvalue weighted by molar-refractivity contribution is 5.81. The number of ether oxygens (including phenoxy) is 2. The van der Waals surface area contributed by atoms with E-state index < -0.39 is 12.1 Å². The average Bonchev–Trinajstić information content (AvgIpc) is 2.52. The molecule has 2 aliphatic rings. The van der Waals surface area contributed by atoms with Crippen molar-refractivity contribution in [1.82, 2.24) is 4.90 Å². The number of likely N-dealkylation sites (tertiary alicyclic amines) is 1. The predicted molar refractivity (Wildman–Crippen MR) is 74.5 cm³/mol. The van der Waals surface area contributed by atoms with Crippen LogP contribution in [0.3, 0.4) is 0 Å². The van der Waals surface area contributed by atoms with Crippen LogP contribution in [0.5, 0.6) is 0 Å². The molecule has 118 valence electrons. The summed E-state index contributed by atoms with van der Waals surface area (Å²) in [6.45, 7) is 2.54. The molecule has 0 aromatic carbocycles. The van der Waals surface area contributed by atoms with Crippen LogP contribution in [0, 0.1) is 17.8 Å². The molecule has 0 radical (unpaired) electrons. The van der Waals surface area contributed by atoms with Gasteiger partial charge in [-0.05, 0) is 44.4 Å². The minimum absolute atomic E-state index is 0.0822. The molecule has 0 aromatic heterocycles. The van der Waals surface area contributed by atoms with Gasteiger partial charge >= 0.3 is 12.1 Å². The molecule has 0 unspecified atom stereocenters. The van der Waals surface area contributed by atoms with E-state index in [-0.39, 0.29) is 18.5 Å². The van der Waals surface area contributed by atoms with Crippen molar-refractivity contribution in [2.45, 2.75) is 38.6 Å². The Morgan fingerprint density at radius 1 is 1.24 bits per heavy atom. The highest BCUT2D eigenvalue weighted by Gasteiger charge is 2.44. The second-order valence-electron chi connectivity index (χ2n) is 5.86. The molecule has 0 N–H and O–H groups in total. The summed E-state index contributed by atoms with van der Waals surface area (Å²) < 4.78 is 9.87. The van der Waals surface area contributed by atoms with Crippen molar-refractivity contribution in [3.05, 3.63) is 0 Å². The van der Waals surface area contributed by atoms with Gasteiger partial charge in [-0.1, -0.05) is 0 Å². The van der Waals surface area contributed by atoms with Crippen molar-refractivity contribution in [1.29, 1.82) is 0 Å². The number of hydrogen-bond donors (Lipinski definition) is 0. The van der Waals surface area contributed by atoms with Crippen LogP contribution in [0.25, 0.3) is 0 Å². The minimum atomic E-state index is -0.593. The number of nitrogens with zero attached hydrogens (tertiary/aromatic N) is 1. The normalized spacial score (nSPS) is 32.0. The average molecular weight is 297 g/mol. The highest BCUT2D eigenvalue weighted by atomic mass is 16.6. The third-order valence-electron chi connectivity index (χ3n) is 4.67.